The van der Waals surface area contributed by atoms with Gasteiger partial charge in [0, 0.05) is 18.7 Å². The van der Waals surface area contributed by atoms with E-state index in [9.17, 15) is 9.18 Å². The Bertz CT molecular complexity index is 462. The number of benzene rings is 1. The number of ketones is 1. The van der Waals surface area contributed by atoms with Gasteiger partial charge in [0.25, 0.3) is 0 Å². The van der Waals surface area contributed by atoms with Gasteiger partial charge in [-0.25, -0.2) is 4.39 Å². The van der Waals surface area contributed by atoms with Crippen LogP contribution in [0.25, 0.3) is 0 Å². The molecule has 0 heterocycles. The lowest BCUT2D eigenvalue weighted by Crippen LogP contribution is -2.35. The summed E-state index contributed by atoms with van der Waals surface area (Å²) in [6.07, 6.45) is 0. The zero-order valence-corrected chi connectivity index (χ0v) is 13.6. The molecule has 0 saturated heterocycles. The summed E-state index contributed by atoms with van der Waals surface area (Å²) in [5.74, 6) is 0.585. The molecule has 0 aromatic heterocycles. The first-order chi connectivity index (χ1) is 9.83. The average Bonchev–Trinajstić information content (AvgIpc) is 2.36. The van der Waals surface area contributed by atoms with Gasteiger partial charge < -0.3 is 4.74 Å². The predicted molar refractivity (Wildman–Crippen MR) is 83.4 cm³/mol. The fraction of sp³-hybridized carbons (Fsp3) is 0.588. The second-order valence-electron chi connectivity index (χ2n) is 6.25. The van der Waals surface area contributed by atoms with Crippen molar-refractivity contribution in [3.63, 3.8) is 0 Å². The van der Waals surface area contributed by atoms with Gasteiger partial charge in [0.1, 0.15) is 0 Å². The Kier molecular flexibility index (Phi) is 6.82. The maximum Gasteiger partial charge on any atom is 0.176 e. The molecule has 0 saturated carbocycles. The van der Waals surface area contributed by atoms with Crippen molar-refractivity contribution in [1.82, 2.24) is 4.90 Å². The van der Waals surface area contributed by atoms with E-state index in [1.54, 1.807) is 6.07 Å². The quantitative estimate of drug-likeness (QED) is 0.686. The van der Waals surface area contributed by atoms with Crippen LogP contribution >= 0.6 is 0 Å². The summed E-state index contributed by atoms with van der Waals surface area (Å²) in [5.41, 5.74) is 0.394. The van der Waals surface area contributed by atoms with Crippen molar-refractivity contribution in [2.45, 2.75) is 27.7 Å². The average molecular weight is 295 g/mol. The maximum atomic E-state index is 13.7. The fourth-order valence-electron chi connectivity index (χ4n) is 2.37. The Balaban J connectivity index is 2.78. The molecule has 4 heteroatoms. The van der Waals surface area contributed by atoms with Crippen molar-refractivity contribution in [3.8, 4) is 5.75 Å². The third kappa shape index (κ3) is 5.84. The molecule has 3 nitrogen and oxygen atoms in total. The van der Waals surface area contributed by atoms with Gasteiger partial charge in [-0.15, -0.1) is 0 Å². The molecule has 0 unspecified atom stereocenters. The molecular weight excluding hydrogens is 269 g/mol. The summed E-state index contributed by atoms with van der Waals surface area (Å²) in [6.45, 7) is 10.6. The van der Waals surface area contributed by atoms with Gasteiger partial charge in [0.15, 0.2) is 17.3 Å². The van der Waals surface area contributed by atoms with Crippen molar-refractivity contribution < 1.29 is 13.9 Å². The second-order valence-corrected chi connectivity index (χ2v) is 6.25. The number of nitrogens with zero attached hydrogens (tertiary/aromatic N) is 1. The van der Waals surface area contributed by atoms with Gasteiger partial charge in [-0.2, -0.15) is 0 Å². The lowest BCUT2D eigenvalue weighted by molar-refractivity contribution is 0.0912. The molecule has 1 rings (SSSR count). The van der Waals surface area contributed by atoms with Crippen molar-refractivity contribution in [2.24, 2.45) is 11.8 Å². The molecule has 0 N–H and O–H groups in total. The van der Waals surface area contributed by atoms with Gasteiger partial charge in [0.2, 0.25) is 0 Å². The van der Waals surface area contributed by atoms with Crippen LogP contribution in [0, 0.1) is 17.7 Å². The Morgan fingerprint density at radius 3 is 2.19 bits per heavy atom. The molecule has 0 bridgehead atoms. The second kappa shape index (κ2) is 8.13. The zero-order valence-electron chi connectivity index (χ0n) is 13.6. The van der Waals surface area contributed by atoms with Crippen LogP contribution in [-0.2, 0) is 0 Å². The highest BCUT2D eigenvalue weighted by molar-refractivity contribution is 5.97. The number of carbonyl (C=O) groups excluding carboxylic acids is 1. The minimum atomic E-state index is -0.498. The van der Waals surface area contributed by atoms with E-state index in [0.717, 1.165) is 13.1 Å². The van der Waals surface area contributed by atoms with Crippen molar-refractivity contribution >= 4 is 5.78 Å². The number of rotatable bonds is 8. The third-order valence-corrected chi connectivity index (χ3v) is 3.09. The number of halogens is 1. The number of methoxy groups -OCH3 is 1. The van der Waals surface area contributed by atoms with E-state index in [1.807, 2.05) is 0 Å². The van der Waals surface area contributed by atoms with E-state index in [1.165, 1.54) is 19.2 Å². The molecule has 1 aromatic carbocycles. The molecule has 118 valence electrons. The number of carbonyl (C=O) groups is 1. The van der Waals surface area contributed by atoms with Crippen LogP contribution in [0.2, 0.25) is 0 Å². The summed E-state index contributed by atoms with van der Waals surface area (Å²) < 4.78 is 18.5. The van der Waals surface area contributed by atoms with E-state index in [4.69, 9.17) is 4.74 Å². The Labute approximate surface area is 127 Å². The van der Waals surface area contributed by atoms with E-state index >= 15 is 0 Å². The standard InChI is InChI=1S/C17H26FNO2/c1-12(2)9-19(10-13(3)4)11-16(20)14-6-7-17(21-5)15(18)8-14/h6-8,12-13H,9-11H2,1-5H3. The summed E-state index contributed by atoms with van der Waals surface area (Å²) in [5, 5.41) is 0. The Morgan fingerprint density at radius 1 is 1.19 bits per heavy atom. The molecule has 0 spiro atoms. The van der Waals surface area contributed by atoms with E-state index < -0.39 is 5.82 Å². The van der Waals surface area contributed by atoms with Crippen LogP contribution in [0.15, 0.2) is 18.2 Å². The number of hydrogen-bond acceptors (Lipinski definition) is 3. The minimum absolute atomic E-state index is 0.0575. The zero-order chi connectivity index (χ0) is 16.0. The summed E-state index contributed by atoms with van der Waals surface area (Å²) >= 11 is 0. The maximum absolute atomic E-state index is 13.7. The van der Waals surface area contributed by atoms with E-state index in [0.29, 0.717) is 23.9 Å². The van der Waals surface area contributed by atoms with Crippen LogP contribution in [0.1, 0.15) is 38.1 Å². The summed E-state index contributed by atoms with van der Waals surface area (Å²) in [7, 11) is 1.41. The molecule has 0 atom stereocenters. The third-order valence-electron chi connectivity index (χ3n) is 3.09. The number of Topliss-reactive ketones (excluding diaryl/α,β-unsaturated/α-hetero) is 1. The van der Waals surface area contributed by atoms with Gasteiger partial charge >= 0.3 is 0 Å². The van der Waals surface area contributed by atoms with Crippen LogP contribution in [0.4, 0.5) is 4.39 Å². The molecular formula is C17H26FNO2. The number of ether oxygens (including phenoxy) is 1. The highest BCUT2D eigenvalue weighted by atomic mass is 19.1. The molecule has 1 aromatic rings. The van der Waals surface area contributed by atoms with Gasteiger partial charge in [-0.05, 0) is 30.0 Å². The van der Waals surface area contributed by atoms with Gasteiger partial charge in [-0.1, -0.05) is 27.7 Å². The van der Waals surface area contributed by atoms with Crippen LogP contribution in [0.3, 0.4) is 0 Å². The van der Waals surface area contributed by atoms with Gasteiger partial charge in [0.05, 0.1) is 13.7 Å². The van der Waals surface area contributed by atoms with Crippen LogP contribution in [-0.4, -0.2) is 37.4 Å². The summed E-state index contributed by atoms with van der Waals surface area (Å²) in [4.78, 5) is 14.5. The molecule has 0 aliphatic heterocycles. The van der Waals surface area contributed by atoms with Crippen molar-refractivity contribution in [2.75, 3.05) is 26.7 Å². The largest absolute Gasteiger partial charge is 0.494 e. The lowest BCUT2D eigenvalue weighted by atomic mass is 10.1. The number of hydrogen-bond donors (Lipinski definition) is 0. The first-order valence-corrected chi connectivity index (χ1v) is 7.42. The smallest absolute Gasteiger partial charge is 0.176 e. The highest BCUT2D eigenvalue weighted by Crippen LogP contribution is 2.18. The molecule has 0 radical (unpaired) electrons. The Hall–Kier alpha value is -1.42. The van der Waals surface area contributed by atoms with Crippen molar-refractivity contribution in [1.29, 1.82) is 0 Å². The molecule has 0 amide bonds. The van der Waals surface area contributed by atoms with Crippen LogP contribution < -0.4 is 4.74 Å². The van der Waals surface area contributed by atoms with Crippen molar-refractivity contribution in [3.05, 3.63) is 29.6 Å². The fourth-order valence-corrected chi connectivity index (χ4v) is 2.37. The normalized spacial score (nSPS) is 11.5. The minimum Gasteiger partial charge on any atom is -0.494 e. The van der Waals surface area contributed by atoms with Crippen LogP contribution in [0.5, 0.6) is 5.75 Å². The molecule has 0 aliphatic carbocycles. The molecule has 21 heavy (non-hydrogen) atoms. The SMILES string of the molecule is COc1ccc(C(=O)CN(CC(C)C)CC(C)C)cc1F. The topological polar surface area (TPSA) is 29.5 Å². The monoisotopic (exact) mass is 295 g/mol. The first-order valence-electron chi connectivity index (χ1n) is 7.42. The lowest BCUT2D eigenvalue weighted by Gasteiger charge is -2.25. The molecule has 0 fully saturated rings. The first kappa shape index (κ1) is 17.6. The summed E-state index contributed by atoms with van der Waals surface area (Å²) in [6, 6.07) is 4.37. The Morgan fingerprint density at radius 2 is 1.76 bits per heavy atom. The highest BCUT2D eigenvalue weighted by Gasteiger charge is 2.16. The van der Waals surface area contributed by atoms with E-state index in [2.05, 4.69) is 32.6 Å². The molecule has 0 aliphatic rings. The van der Waals surface area contributed by atoms with E-state index in [-0.39, 0.29) is 11.5 Å². The van der Waals surface area contributed by atoms with Gasteiger partial charge in [-0.3, -0.25) is 9.69 Å². The predicted octanol–water partition coefficient (Wildman–Crippen LogP) is 3.63.